The number of nitrogens with zero attached hydrogens (tertiary/aromatic N) is 1. The predicted octanol–water partition coefficient (Wildman–Crippen LogP) is 3.31. The maximum Gasteiger partial charge on any atom is 0.0926 e. The van der Waals surface area contributed by atoms with Gasteiger partial charge in [-0.2, -0.15) is 5.10 Å². The van der Waals surface area contributed by atoms with Gasteiger partial charge < -0.3 is 0 Å². The van der Waals surface area contributed by atoms with Gasteiger partial charge in [-0.25, -0.2) is 0 Å². The summed E-state index contributed by atoms with van der Waals surface area (Å²) >= 11 is 0. The van der Waals surface area contributed by atoms with E-state index in [-0.39, 0.29) is 0 Å². The summed E-state index contributed by atoms with van der Waals surface area (Å²) in [5.41, 5.74) is 7.37. The second-order valence-corrected chi connectivity index (χ2v) is 4.12. The van der Waals surface area contributed by atoms with E-state index in [9.17, 15) is 0 Å². The van der Waals surface area contributed by atoms with Gasteiger partial charge in [0.1, 0.15) is 0 Å². The molecule has 1 heterocycles. The molecule has 0 aliphatic carbocycles. The van der Waals surface area contributed by atoms with Gasteiger partial charge in [0.15, 0.2) is 0 Å². The van der Waals surface area contributed by atoms with Crippen molar-refractivity contribution in [2.45, 2.75) is 27.7 Å². The summed E-state index contributed by atoms with van der Waals surface area (Å²) in [6, 6.07) is 6.38. The third kappa shape index (κ3) is 1.67. The highest BCUT2D eigenvalue weighted by Gasteiger charge is 2.08. The summed E-state index contributed by atoms with van der Waals surface area (Å²) in [4.78, 5) is 0. The number of aromatic nitrogens is 2. The summed E-state index contributed by atoms with van der Waals surface area (Å²) in [6.45, 7) is 8.48. The SMILES string of the molecule is Cc1cc(-c2ccc(C)c(C)c2C)n[nH]1. The minimum absolute atomic E-state index is 1.04. The van der Waals surface area contributed by atoms with Crippen LogP contribution < -0.4 is 0 Å². The maximum absolute atomic E-state index is 4.29. The van der Waals surface area contributed by atoms with E-state index < -0.39 is 0 Å². The zero-order chi connectivity index (χ0) is 11.0. The fourth-order valence-electron chi connectivity index (χ4n) is 1.79. The summed E-state index contributed by atoms with van der Waals surface area (Å²) in [7, 11) is 0. The average molecular weight is 200 g/mol. The van der Waals surface area contributed by atoms with Crippen molar-refractivity contribution in [3.05, 3.63) is 40.6 Å². The van der Waals surface area contributed by atoms with E-state index in [0.717, 1.165) is 11.4 Å². The molecule has 1 N–H and O–H groups in total. The summed E-state index contributed by atoms with van der Waals surface area (Å²) < 4.78 is 0. The molecule has 0 saturated heterocycles. The first-order valence-corrected chi connectivity index (χ1v) is 5.19. The first-order chi connectivity index (χ1) is 7.09. The lowest BCUT2D eigenvalue weighted by atomic mass is 9.97. The van der Waals surface area contributed by atoms with Crippen LogP contribution in [0, 0.1) is 27.7 Å². The molecule has 1 aromatic heterocycles. The van der Waals surface area contributed by atoms with Crippen LogP contribution in [0.15, 0.2) is 18.2 Å². The molecule has 15 heavy (non-hydrogen) atoms. The molecule has 2 nitrogen and oxygen atoms in total. The zero-order valence-corrected chi connectivity index (χ0v) is 9.68. The molecule has 1 aromatic carbocycles. The molecule has 2 rings (SSSR count). The van der Waals surface area contributed by atoms with Crippen LogP contribution in [0.25, 0.3) is 11.3 Å². The van der Waals surface area contributed by atoms with Crippen molar-refractivity contribution in [2.75, 3.05) is 0 Å². The molecule has 0 bridgehead atoms. The van der Waals surface area contributed by atoms with Gasteiger partial charge in [0, 0.05) is 11.3 Å². The van der Waals surface area contributed by atoms with Gasteiger partial charge in [0.2, 0.25) is 0 Å². The third-order valence-electron chi connectivity index (χ3n) is 3.04. The van der Waals surface area contributed by atoms with Crippen LogP contribution in [0.5, 0.6) is 0 Å². The minimum Gasteiger partial charge on any atom is -0.282 e. The molecule has 78 valence electrons. The third-order valence-corrected chi connectivity index (χ3v) is 3.04. The van der Waals surface area contributed by atoms with Crippen LogP contribution in [0.3, 0.4) is 0 Å². The van der Waals surface area contributed by atoms with Crippen molar-refractivity contribution in [3.63, 3.8) is 0 Å². The zero-order valence-electron chi connectivity index (χ0n) is 9.68. The van der Waals surface area contributed by atoms with Gasteiger partial charge in [0.25, 0.3) is 0 Å². The van der Waals surface area contributed by atoms with Gasteiger partial charge in [-0.3, -0.25) is 5.10 Å². The Hall–Kier alpha value is -1.57. The number of rotatable bonds is 1. The molecular formula is C13H16N2. The topological polar surface area (TPSA) is 28.7 Å². The van der Waals surface area contributed by atoms with Crippen molar-refractivity contribution >= 4 is 0 Å². The van der Waals surface area contributed by atoms with E-state index in [0.29, 0.717) is 0 Å². The Morgan fingerprint density at radius 1 is 1.00 bits per heavy atom. The van der Waals surface area contributed by atoms with E-state index in [4.69, 9.17) is 0 Å². The molecule has 2 heteroatoms. The van der Waals surface area contributed by atoms with Gasteiger partial charge in [-0.05, 0) is 50.5 Å². The molecule has 0 amide bonds. The van der Waals surface area contributed by atoms with Crippen molar-refractivity contribution in [1.82, 2.24) is 10.2 Å². The predicted molar refractivity (Wildman–Crippen MR) is 63.0 cm³/mol. The first-order valence-electron chi connectivity index (χ1n) is 5.19. The number of H-pyrrole nitrogens is 1. The van der Waals surface area contributed by atoms with E-state index >= 15 is 0 Å². The van der Waals surface area contributed by atoms with E-state index in [1.807, 2.05) is 6.92 Å². The molecule has 0 aliphatic rings. The highest BCUT2D eigenvalue weighted by atomic mass is 15.1. The summed E-state index contributed by atoms with van der Waals surface area (Å²) in [5.74, 6) is 0. The quantitative estimate of drug-likeness (QED) is 0.751. The number of hydrogen-bond acceptors (Lipinski definition) is 1. The summed E-state index contributed by atoms with van der Waals surface area (Å²) in [5, 5.41) is 7.27. The standard InChI is InChI=1S/C13H16N2/c1-8-5-6-12(11(4)10(8)3)13-7-9(2)14-15-13/h5-7H,1-4H3,(H,14,15). The van der Waals surface area contributed by atoms with Crippen LogP contribution in [0.1, 0.15) is 22.4 Å². The van der Waals surface area contributed by atoms with Crippen LogP contribution in [-0.2, 0) is 0 Å². The molecule has 0 aliphatic heterocycles. The van der Waals surface area contributed by atoms with Crippen LogP contribution in [0.2, 0.25) is 0 Å². The lowest BCUT2D eigenvalue weighted by Gasteiger charge is -2.08. The van der Waals surface area contributed by atoms with Gasteiger partial charge in [-0.1, -0.05) is 12.1 Å². The molecule has 0 fully saturated rings. The van der Waals surface area contributed by atoms with Gasteiger partial charge >= 0.3 is 0 Å². The normalized spacial score (nSPS) is 10.7. The van der Waals surface area contributed by atoms with E-state index in [1.165, 1.54) is 22.3 Å². The maximum atomic E-state index is 4.29. The largest absolute Gasteiger partial charge is 0.282 e. The van der Waals surface area contributed by atoms with Crippen LogP contribution >= 0.6 is 0 Å². The molecule has 0 spiro atoms. The fourth-order valence-corrected chi connectivity index (χ4v) is 1.79. The average Bonchev–Trinajstić information content (AvgIpc) is 2.61. The van der Waals surface area contributed by atoms with E-state index in [2.05, 4.69) is 49.2 Å². The molecule has 0 unspecified atom stereocenters. The fraction of sp³-hybridized carbons (Fsp3) is 0.308. The van der Waals surface area contributed by atoms with Crippen molar-refractivity contribution in [3.8, 4) is 11.3 Å². The Morgan fingerprint density at radius 3 is 2.33 bits per heavy atom. The highest BCUT2D eigenvalue weighted by molar-refractivity contribution is 5.66. The Labute approximate surface area is 90.3 Å². The minimum atomic E-state index is 1.04. The van der Waals surface area contributed by atoms with Crippen molar-refractivity contribution < 1.29 is 0 Å². The number of aromatic amines is 1. The second kappa shape index (κ2) is 3.54. The number of aryl methyl sites for hydroxylation is 2. The summed E-state index contributed by atoms with van der Waals surface area (Å²) in [6.07, 6.45) is 0. The van der Waals surface area contributed by atoms with Crippen LogP contribution in [0.4, 0.5) is 0 Å². The van der Waals surface area contributed by atoms with E-state index in [1.54, 1.807) is 0 Å². The molecule has 0 saturated carbocycles. The monoisotopic (exact) mass is 200 g/mol. The van der Waals surface area contributed by atoms with Crippen molar-refractivity contribution in [2.24, 2.45) is 0 Å². The molecular weight excluding hydrogens is 184 g/mol. The second-order valence-electron chi connectivity index (χ2n) is 4.12. The number of benzene rings is 1. The number of hydrogen-bond donors (Lipinski definition) is 1. The van der Waals surface area contributed by atoms with Gasteiger partial charge in [0.05, 0.1) is 5.69 Å². The molecule has 0 atom stereocenters. The number of nitrogens with one attached hydrogen (secondary N) is 1. The molecule has 0 radical (unpaired) electrons. The lowest BCUT2D eigenvalue weighted by molar-refractivity contribution is 1.05. The Morgan fingerprint density at radius 2 is 1.73 bits per heavy atom. The Bertz CT molecular complexity index is 495. The lowest BCUT2D eigenvalue weighted by Crippen LogP contribution is -1.90. The smallest absolute Gasteiger partial charge is 0.0926 e. The molecule has 2 aromatic rings. The van der Waals surface area contributed by atoms with Crippen molar-refractivity contribution in [1.29, 1.82) is 0 Å². The highest BCUT2D eigenvalue weighted by Crippen LogP contribution is 2.26. The van der Waals surface area contributed by atoms with Gasteiger partial charge in [-0.15, -0.1) is 0 Å². The Kier molecular flexibility index (Phi) is 2.35. The van der Waals surface area contributed by atoms with Crippen LogP contribution in [-0.4, -0.2) is 10.2 Å². The first kappa shape index (κ1) is 9.97. The Balaban J connectivity index is 2.59.